The van der Waals surface area contributed by atoms with Crippen molar-refractivity contribution in [3.05, 3.63) is 0 Å². The summed E-state index contributed by atoms with van der Waals surface area (Å²) < 4.78 is 5.68. The number of nitrogens with one attached hydrogen (secondary N) is 3. The molecule has 4 fully saturated rings. The molecule has 3 N–H and O–H groups in total. The van der Waals surface area contributed by atoms with Crippen LogP contribution in [0.5, 0.6) is 0 Å². The summed E-state index contributed by atoms with van der Waals surface area (Å²) in [4.78, 5) is 5.08. The van der Waals surface area contributed by atoms with Crippen molar-refractivity contribution >= 4 is 0 Å². The zero-order valence-electron chi connectivity index (χ0n) is 10.8. The largest absolute Gasteiger partial charge is 0.377 e. The van der Waals surface area contributed by atoms with Crippen LogP contribution in [0.25, 0.3) is 0 Å². The molecule has 0 aromatic heterocycles. The van der Waals surface area contributed by atoms with Gasteiger partial charge < -0.3 is 4.74 Å². The summed E-state index contributed by atoms with van der Waals surface area (Å²) in [6.45, 7) is 6.36. The van der Waals surface area contributed by atoms with E-state index in [0.717, 1.165) is 26.5 Å². The number of hydrogen-bond donors (Lipinski definition) is 3. The highest BCUT2D eigenvalue weighted by Gasteiger charge is 2.48. The van der Waals surface area contributed by atoms with Crippen LogP contribution in [0.4, 0.5) is 0 Å². The predicted octanol–water partition coefficient (Wildman–Crippen LogP) is -1.49. The van der Waals surface area contributed by atoms with E-state index in [1.807, 2.05) is 0 Å². The monoisotopic (exact) mass is 253 g/mol. The first-order valence-electron chi connectivity index (χ1n) is 7.22. The van der Waals surface area contributed by atoms with Gasteiger partial charge in [-0.25, -0.2) is 0 Å². The van der Waals surface area contributed by atoms with Gasteiger partial charge in [-0.3, -0.25) is 25.8 Å². The van der Waals surface area contributed by atoms with Crippen LogP contribution in [0.2, 0.25) is 0 Å². The Morgan fingerprint density at radius 3 is 2.78 bits per heavy atom. The quantitative estimate of drug-likeness (QED) is 0.570. The third-order valence-corrected chi connectivity index (χ3v) is 4.74. The zero-order valence-corrected chi connectivity index (χ0v) is 10.8. The van der Waals surface area contributed by atoms with Crippen molar-refractivity contribution in [1.29, 1.82) is 0 Å². The van der Waals surface area contributed by atoms with E-state index in [9.17, 15) is 0 Å². The maximum Gasteiger partial charge on any atom is 0.0831 e. The number of hydrogen-bond acceptors (Lipinski definition) is 6. The minimum Gasteiger partial charge on any atom is -0.377 e. The van der Waals surface area contributed by atoms with Crippen molar-refractivity contribution in [2.75, 3.05) is 39.6 Å². The number of ether oxygens (including phenoxy) is 1. The summed E-state index contributed by atoms with van der Waals surface area (Å²) in [5.74, 6) is 0. The maximum absolute atomic E-state index is 5.68. The van der Waals surface area contributed by atoms with Gasteiger partial charge in [0.2, 0.25) is 0 Å². The third kappa shape index (κ3) is 1.88. The van der Waals surface area contributed by atoms with Gasteiger partial charge in [-0.2, -0.15) is 0 Å². The second-order valence-corrected chi connectivity index (χ2v) is 5.81. The Bertz CT molecular complexity index is 309. The minimum absolute atomic E-state index is 0.374. The SMILES string of the molecule is C1COC(CNC2NCN3CCN4CNC2C34)C1. The van der Waals surface area contributed by atoms with E-state index in [1.54, 1.807) is 0 Å². The third-order valence-electron chi connectivity index (χ3n) is 4.74. The van der Waals surface area contributed by atoms with Gasteiger partial charge in [-0.15, -0.1) is 0 Å². The van der Waals surface area contributed by atoms with E-state index in [0.29, 0.717) is 24.5 Å². The van der Waals surface area contributed by atoms with Crippen molar-refractivity contribution in [2.45, 2.75) is 37.3 Å². The Kier molecular flexibility index (Phi) is 3.02. The molecule has 0 aromatic rings. The highest BCUT2D eigenvalue weighted by molar-refractivity contribution is 5.03. The Morgan fingerprint density at radius 1 is 1.17 bits per heavy atom. The van der Waals surface area contributed by atoms with Gasteiger partial charge >= 0.3 is 0 Å². The molecule has 0 amide bonds. The molecule has 0 saturated carbocycles. The van der Waals surface area contributed by atoms with Crippen LogP contribution in [0.15, 0.2) is 0 Å². The molecule has 0 spiro atoms. The summed E-state index contributed by atoms with van der Waals surface area (Å²) >= 11 is 0. The molecule has 6 nitrogen and oxygen atoms in total. The molecule has 4 saturated heterocycles. The molecule has 4 aliphatic rings. The molecule has 18 heavy (non-hydrogen) atoms. The van der Waals surface area contributed by atoms with Crippen molar-refractivity contribution in [3.8, 4) is 0 Å². The van der Waals surface area contributed by atoms with Crippen LogP contribution in [0.1, 0.15) is 12.8 Å². The fourth-order valence-electron chi connectivity index (χ4n) is 3.78. The molecule has 0 radical (unpaired) electrons. The summed E-state index contributed by atoms with van der Waals surface area (Å²) in [5, 5.41) is 10.9. The van der Waals surface area contributed by atoms with Gasteiger partial charge in [-0.05, 0) is 12.8 Å². The number of rotatable bonds is 3. The Labute approximate surface area is 108 Å². The fraction of sp³-hybridized carbons (Fsp3) is 1.00. The molecule has 4 rings (SSSR count). The fourth-order valence-corrected chi connectivity index (χ4v) is 3.78. The Balaban J connectivity index is 1.37. The molecule has 0 aliphatic carbocycles. The summed E-state index contributed by atoms with van der Waals surface area (Å²) in [6.07, 6.45) is 3.81. The first-order valence-corrected chi connectivity index (χ1v) is 7.22. The maximum atomic E-state index is 5.68. The van der Waals surface area contributed by atoms with Crippen molar-refractivity contribution in [2.24, 2.45) is 0 Å². The van der Waals surface area contributed by atoms with E-state index in [4.69, 9.17) is 4.74 Å². The number of nitrogens with zero attached hydrogens (tertiary/aromatic N) is 2. The first kappa shape index (κ1) is 11.6. The van der Waals surface area contributed by atoms with Crippen LogP contribution >= 0.6 is 0 Å². The molecule has 4 aliphatic heterocycles. The van der Waals surface area contributed by atoms with Gasteiger partial charge in [0.1, 0.15) is 0 Å². The topological polar surface area (TPSA) is 51.8 Å². The highest BCUT2D eigenvalue weighted by Crippen LogP contribution is 2.25. The Hall–Kier alpha value is -0.240. The smallest absolute Gasteiger partial charge is 0.0831 e. The van der Waals surface area contributed by atoms with Gasteiger partial charge in [0, 0.05) is 32.9 Å². The highest BCUT2D eigenvalue weighted by atomic mass is 16.5. The van der Waals surface area contributed by atoms with E-state index < -0.39 is 0 Å². The second-order valence-electron chi connectivity index (χ2n) is 5.81. The van der Waals surface area contributed by atoms with Crippen LogP contribution in [0, 0.1) is 0 Å². The van der Waals surface area contributed by atoms with Crippen LogP contribution in [-0.4, -0.2) is 73.9 Å². The summed E-state index contributed by atoms with van der Waals surface area (Å²) in [5.41, 5.74) is 0. The van der Waals surface area contributed by atoms with Gasteiger partial charge in [0.05, 0.1) is 31.1 Å². The molecule has 4 atom stereocenters. The van der Waals surface area contributed by atoms with Crippen LogP contribution in [0.3, 0.4) is 0 Å². The lowest BCUT2D eigenvalue weighted by atomic mass is 10.1. The van der Waals surface area contributed by atoms with Crippen LogP contribution in [-0.2, 0) is 4.74 Å². The lowest BCUT2D eigenvalue weighted by Gasteiger charge is -2.40. The molecule has 0 aromatic carbocycles. The minimum atomic E-state index is 0.374. The van der Waals surface area contributed by atoms with Crippen LogP contribution < -0.4 is 16.0 Å². The summed E-state index contributed by atoms with van der Waals surface area (Å²) in [6, 6.07) is 0.502. The molecule has 102 valence electrons. The average molecular weight is 253 g/mol. The molecular weight excluding hydrogens is 230 g/mol. The average Bonchev–Trinajstić information content (AvgIpc) is 3.10. The molecule has 6 heteroatoms. The van der Waals surface area contributed by atoms with Gasteiger partial charge in [0.15, 0.2) is 0 Å². The van der Waals surface area contributed by atoms with E-state index in [2.05, 4.69) is 25.8 Å². The lowest BCUT2D eigenvalue weighted by Crippen LogP contribution is -2.67. The van der Waals surface area contributed by atoms with E-state index in [-0.39, 0.29) is 0 Å². The molecule has 0 bridgehead atoms. The van der Waals surface area contributed by atoms with Crippen molar-refractivity contribution < 1.29 is 4.74 Å². The van der Waals surface area contributed by atoms with Gasteiger partial charge in [-0.1, -0.05) is 0 Å². The molecular formula is C12H23N5O. The lowest BCUT2D eigenvalue weighted by molar-refractivity contribution is 0.0645. The zero-order chi connectivity index (χ0) is 11.9. The first-order chi connectivity index (χ1) is 8.92. The van der Waals surface area contributed by atoms with Crippen molar-refractivity contribution in [3.63, 3.8) is 0 Å². The normalized spacial score (nSPS) is 44.7. The standard InChI is InChI=1S/C12H23N5O/c1-2-9(18-5-1)6-13-11-10-12-16(7-14-10)3-4-17(12)8-15-11/h9-15H,1-8H2. The van der Waals surface area contributed by atoms with E-state index >= 15 is 0 Å². The second kappa shape index (κ2) is 4.70. The van der Waals surface area contributed by atoms with E-state index in [1.165, 1.54) is 25.9 Å². The van der Waals surface area contributed by atoms with Gasteiger partial charge in [0.25, 0.3) is 0 Å². The van der Waals surface area contributed by atoms with Crippen molar-refractivity contribution in [1.82, 2.24) is 25.8 Å². The molecule has 4 unspecified atom stereocenters. The Morgan fingerprint density at radius 2 is 2.00 bits per heavy atom. The predicted molar refractivity (Wildman–Crippen MR) is 67.8 cm³/mol. The molecule has 4 heterocycles. The summed E-state index contributed by atoms with van der Waals surface area (Å²) in [7, 11) is 0.